The Kier molecular flexibility index (Phi) is 4.86. The van der Waals surface area contributed by atoms with E-state index in [0.29, 0.717) is 12.3 Å². The second-order valence-corrected chi connectivity index (χ2v) is 2.86. The van der Waals surface area contributed by atoms with Crippen LogP contribution in [0.5, 0.6) is 0 Å². The molecular formula is C8H17NO2. The molecular weight excluding hydrogens is 142 g/mol. The maximum atomic E-state index is 10.3. The second kappa shape index (κ2) is 5.13. The van der Waals surface area contributed by atoms with Crippen LogP contribution in [0.25, 0.3) is 0 Å². The normalized spacial score (nSPS) is 13.5. The Balaban J connectivity index is 3.71. The summed E-state index contributed by atoms with van der Waals surface area (Å²) in [7, 11) is 0. The van der Waals surface area contributed by atoms with Crippen LogP contribution in [0.15, 0.2) is 0 Å². The standard InChI is InChI=1S/C8H17NO2/c1-3-6(4-2)5-7(9)8(10)11/h6-7H,3-5,9H2,1-2H3,(H,10,11). The smallest absolute Gasteiger partial charge is 0.320 e. The number of hydrogen-bond donors (Lipinski definition) is 2. The highest BCUT2D eigenvalue weighted by Gasteiger charge is 2.15. The van der Waals surface area contributed by atoms with Crippen molar-refractivity contribution >= 4 is 5.97 Å². The van der Waals surface area contributed by atoms with Gasteiger partial charge in [-0.2, -0.15) is 0 Å². The zero-order valence-corrected chi connectivity index (χ0v) is 7.21. The fraction of sp³-hybridized carbons (Fsp3) is 0.875. The first-order valence-corrected chi connectivity index (χ1v) is 4.10. The van der Waals surface area contributed by atoms with E-state index in [1.165, 1.54) is 0 Å². The fourth-order valence-corrected chi connectivity index (χ4v) is 1.08. The molecule has 1 unspecified atom stereocenters. The SMILES string of the molecule is CCC(CC)CC(N)C(=O)O. The fourth-order valence-electron chi connectivity index (χ4n) is 1.08. The summed E-state index contributed by atoms with van der Waals surface area (Å²) < 4.78 is 0. The summed E-state index contributed by atoms with van der Waals surface area (Å²) in [5.74, 6) is -0.432. The molecule has 0 aromatic heterocycles. The molecule has 3 heteroatoms. The quantitative estimate of drug-likeness (QED) is 0.634. The molecule has 66 valence electrons. The monoisotopic (exact) mass is 159 g/mol. The highest BCUT2D eigenvalue weighted by atomic mass is 16.4. The van der Waals surface area contributed by atoms with E-state index in [4.69, 9.17) is 10.8 Å². The first kappa shape index (κ1) is 10.4. The zero-order chi connectivity index (χ0) is 8.85. The molecule has 1 atom stereocenters. The van der Waals surface area contributed by atoms with Crippen molar-refractivity contribution in [2.75, 3.05) is 0 Å². The maximum Gasteiger partial charge on any atom is 0.320 e. The van der Waals surface area contributed by atoms with Crippen molar-refractivity contribution in [3.63, 3.8) is 0 Å². The van der Waals surface area contributed by atoms with E-state index < -0.39 is 12.0 Å². The van der Waals surface area contributed by atoms with Crippen LogP contribution in [-0.2, 0) is 4.79 Å². The molecule has 0 spiro atoms. The first-order chi connectivity index (χ1) is 5.11. The van der Waals surface area contributed by atoms with Crippen molar-refractivity contribution in [2.45, 2.75) is 39.2 Å². The van der Waals surface area contributed by atoms with Crippen LogP contribution in [0, 0.1) is 5.92 Å². The van der Waals surface area contributed by atoms with Crippen LogP contribution in [0.4, 0.5) is 0 Å². The summed E-state index contributed by atoms with van der Waals surface area (Å²) in [6.45, 7) is 4.12. The molecule has 3 nitrogen and oxygen atoms in total. The van der Waals surface area contributed by atoms with Crippen LogP contribution in [0.3, 0.4) is 0 Å². The van der Waals surface area contributed by atoms with Gasteiger partial charge in [-0.25, -0.2) is 0 Å². The molecule has 0 aromatic carbocycles. The second-order valence-electron chi connectivity index (χ2n) is 2.86. The van der Waals surface area contributed by atoms with E-state index >= 15 is 0 Å². The number of carboxylic acid groups (broad SMARTS) is 1. The van der Waals surface area contributed by atoms with Crippen molar-refractivity contribution in [1.29, 1.82) is 0 Å². The number of nitrogens with two attached hydrogens (primary N) is 1. The Hall–Kier alpha value is -0.570. The molecule has 0 aliphatic heterocycles. The summed E-state index contributed by atoms with van der Waals surface area (Å²) in [5, 5.41) is 8.50. The molecule has 0 saturated carbocycles. The first-order valence-electron chi connectivity index (χ1n) is 4.10. The lowest BCUT2D eigenvalue weighted by Gasteiger charge is -2.14. The Bertz CT molecular complexity index is 121. The van der Waals surface area contributed by atoms with Gasteiger partial charge < -0.3 is 10.8 Å². The molecule has 0 radical (unpaired) electrons. The third-order valence-electron chi connectivity index (χ3n) is 2.06. The third kappa shape index (κ3) is 3.98. The lowest BCUT2D eigenvalue weighted by molar-refractivity contribution is -0.138. The molecule has 3 N–H and O–H groups in total. The number of carbonyl (C=O) groups is 1. The van der Waals surface area contributed by atoms with Gasteiger partial charge in [-0.3, -0.25) is 4.79 Å². The molecule has 0 bridgehead atoms. The molecule has 0 rings (SSSR count). The Morgan fingerprint density at radius 1 is 1.45 bits per heavy atom. The zero-order valence-electron chi connectivity index (χ0n) is 7.21. The van der Waals surface area contributed by atoms with Crippen LogP contribution in [-0.4, -0.2) is 17.1 Å². The van der Waals surface area contributed by atoms with Gasteiger partial charge in [0.25, 0.3) is 0 Å². The van der Waals surface area contributed by atoms with Gasteiger partial charge in [0.05, 0.1) is 0 Å². The average molecular weight is 159 g/mol. The highest BCUT2D eigenvalue weighted by Crippen LogP contribution is 2.13. The summed E-state index contributed by atoms with van der Waals surface area (Å²) in [6.07, 6.45) is 2.62. The number of hydrogen-bond acceptors (Lipinski definition) is 2. The minimum absolute atomic E-state index is 0.459. The number of aliphatic carboxylic acids is 1. The maximum absolute atomic E-state index is 10.3. The van der Waals surface area contributed by atoms with Gasteiger partial charge >= 0.3 is 5.97 Å². The molecule has 0 heterocycles. The largest absolute Gasteiger partial charge is 0.480 e. The van der Waals surface area contributed by atoms with E-state index in [9.17, 15) is 4.79 Å². The topological polar surface area (TPSA) is 63.3 Å². The van der Waals surface area contributed by atoms with Gasteiger partial charge in [0.1, 0.15) is 6.04 Å². The van der Waals surface area contributed by atoms with Crippen LogP contribution >= 0.6 is 0 Å². The molecule has 11 heavy (non-hydrogen) atoms. The van der Waals surface area contributed by atoms with Crippen molar-refractivity contribution < 1.29 is 9.90 Å². The van der Waals surface area contributed by atoms with E-state index in [1.54, 1.807) is 0 Å². The summed E-state index contributed by atoms with van der Waals surface area (Å²) in [6, 6.07) is -0.681. The summed E-state index contributed by atoms with van der Waals surface area (Å²) in [5.41, 5.74) is 5.37. The van der Waals surface area contributed by atoms with Crippen LogP contribution in [0.1, 0.15) is 33.1 Å². The predicted octanol–water partition coefficient (Wildman–Crippen LogP) is 1.22. The summed E-state index contributed by atoms with van der Waals surface area (Å²) >= 11 is 0. The molecule has 0 amide bonds. The van der Waals surface area contributed by atoms with E-state index in [2.05, 4.69) is 13.8 Å². The molecule has 0 aliphatic carbocycles. The molecule has 0 fully saturated rings. The van der Waals surface area contributed by atoms with Crippen molar-refractivity contribution in [3.05, 3.63) is 0 Å². The molecule has 0 aliphatic rings. The lowest BCUT2D eigenvalue weighted by Crippen LogP contribution is -2.32. The van der Waals surface area contributed by atoms with E-state index in [1.807, 2.05) is 0 Å². The van der Waals surface area contributed by atoms with Gasteiger partial charge in [0, 0.05) is 0 Å². The third-order valence-corrected chi connectivity index (χ3v) is 2.06. The van der Waals surface area contributed by atoms with Crippen LogP contribution < -0.4 is 5.73 Å². The van der Waals surface area contributed by atoms with Gasteiger partial charge in [-0.05, 0) is 12.3 Å². The highest BCUT2D eigenvalue weighted by molar-refractivity contribution is 5.72. The molecule has 0 saturated heterocycles. The summed E-state index contributed by atoms with van der Waals surface area (Å²) in [4.78, 5) is 10.3. The number of carboxylic acids is 1. The van der Waals surface area contributed by atoms with Crippen molar-refractivity contribution in [2.24, 2.45) is 11.7 Å². The average Bonchev–Trinajstić information content (AvgIpc) is 1.99. The van der Waals surface area contributed by atoms with Gasteiger partial charge in [-0.15, -0.1) is 0 Å². The van der Waals surface area contributed by atoms with Crippen molar-refractivity contribution in [3.8, 4) is 0 Å². The van der Waals surface area contributed by atoms with E-state index in [0.717, 1.165) is 12.8 Å². The van der Waals surface area contributed by atoms with Gasteiger partial charge in [0.2, 0.25) is 0 Å². The lowest BCUT2D eigenvalue weighted by atomic mass is 9.95. The van der Waals surface area contributed by atoms with E-state index in [-0.39, 0.29) is 0 Å². The minimum atomic E-state index is -0.892. The minimum Gasteiger partial charge on any atom is -0.480 e. The molecule has 0 aromatic rings. The van der Waals surface area contributed by atoms with Crippen LogP contribution in [0.2, 0.25) is 0 Å². The predicted molar refractivity (Wildman–Crippen MR) is 44.3 cm³/mol. The Morgan fingerprint density at radius 2 is 1.91 bits per heavy atom. The Labute approximate surface area is 67.6 Å². The van der Waals surface area contributed by atoms with Gasteiger partial charge in [-0.1, -0.05) is 26.7 Å². The Morgan fingerprint density at radius 3 is 2.18 bits per heavy atom. The van der Waals surface area contributed by atoms with Crippen molar-refractivity contribution in [1.82, 2.24) is 0 Å². The number of rotatable bonds is 5. The van der Waals surface area contributed by atoms with Gasteiger partial charge in [0.15, 0.2) is 0 Å².